The number of nitro benzene ring substituents is 1. The lowest BCUT2D eigenvalue weighted by molar-refractivity contribution is -0.384. The zero-order valence-electron chi connectivity index (χ0n) is 15.5. The van der Waals surface area contributed by atoms with Crippen LogP contribution in [-0.4, -0.2) is 14.5 Å². The summed E-state index contributed by atoms with van der Waals surface area (Å²) in [5, 5.41) is 14.6. The Morgan fingerprint density at radius 1 is 1.11 bits per heavy atom. The zero-order chi connectivity index (χ0) is 19.6. The molecule has 0 aliphatic carbocycles. The first-order valence-electron chi connectivity index (χ1n) is 8.89. The normalized spacial score (nSPS) is 12.3. The van der Waals surface area contributed by atoms with E-state index in [2.05, 4.69) is 24.1 Å². The minimum absolute atomic E-state index is 0.0117. The van der Waals surface area contributed by atoms with Crippen LogP contribution in [0.25, 0.3) is 10.9 Å². The summed E-state index contributed by atoms with van der Waals surface area (Å²) >= 11 is 0. The molecule has 0 bridgehead atoms. The van der Waals surface area contributed by atoms with Gasteiger partial charge < -0.3 is 5.32 Å². The second kappa shape index (κ2) is 7.57. The summed E-state index contributed by atoms with van der Waals surface area (Å²) < 4.78 is 1.67. The van der Waals surface area contributed by atoms with Crippen LogP contribution >= 0.6 is 0 Å². The van der Waals surface area contributed by atoms with E-state index in [0.717, 1.165) is 6.42 Å². The molecule has 0 aliphatic heterocycles. The molecule has 0 spiro atoms. The van der Waals surface area contributed by atoms with E-state index in [0.29, 0.717) is 28.5 Å². The van der Waals surface area contributed by atoms with Crippen molar-refractivity contribution in [3.05, 3.63) is 69.0 Å². The lowest BCUT2D eigenvalue weighted by Gasteiger charge is -2.22. The number of hydrogen-bond donors (Lipinski definition) is 1. The molecule has 3 rings (SSSR count). The van der Waals surface area contributed by atoms with Crippen molar-refractivity contribution in [2.24, 2.45) is 5.92 Å². The van der Waals surface area contributed by atoms with Crippen molar-refractivity contribution in [2.45, 2.75) is 33.2 Å². The Labute approximate surface area is 156 Å². The van der Waals surface area contributed by atoms with Gasteiger partial charge in [0.1, 0.15) is 0 Å². The molecular weight excluding hydrogens is 344 g/mol. The van der Waals surface area contributed by atoms with Crippen LogP contribution in [0.5, 0.6) is 0 Å². The molecule has 3 aromatic rings. The molecule has 7 heteroatoms. The SMILES string of the molecule is CC(C)CC(C)n1c(Nc2ccc([N+](=O)[O-])cc2)nc2ccccc2c1=O. The molecule has 0 aliphatic rings. The van der Waals surface area contributed by atoms with E-state index < -0.39 is 4.92 Å². The topological polar surface area (TPSA) is 90.1 Å². The Hall–Kier alpha value is -3.22. The summed E-state index contributed by atoms with van der Waals surface area (Å²) in [6.45, 7) is 6.22. The number of non-ortho nitro benzene ring substituents is 1. The van der Waals surface area contributed by atoms with E-state index in [4.69, 9.17) is 0 Å². The minimum atomic E-state index is -0.446. The Bertz CT molecular complexity index is 1030. The predicted molar refractivity (Wildman–Crippen MR) is 107 cm³/mol. The standard InChI is InChI=1S/C20H22N4O3/c1-13(2)12-14(3)23-19(25)17-6-4-5-7-18(17)22-20(23)21-15-8-10-16(11-9-15)24(26)27/h4-11,13-14H,12H2,1-3H3,(H,21,22). The zero-order valence-corrected chi connectivity index (χ0v) is 15.5. The van der Waals surface area contributed by atoms with E-state index in [-0.39, 0.29) is 17.3 Å². The fraction of sp³-hybridized carbons (Fsp3) is 0.300. The van der Waals surface area contributed by atoms with Crippen LogP contribution in [0.15, 0.2) is 53.3 Å². The first-order valence-corrected chi connectivity index (χ1v) is 8.89. The van der Waals surface area contributed by atoms with Crippen LogP contribution < -0.4 is 10.9 Å². The number of aromatic nitrogens is 2. The maximum absolute atomic E-state index is 13.1. The van der Waals surface area contributed by atoms with Gasteiger partial charge >= 0.3 is 0 Å². The number of hydrogen-bond acceptors (Lipinski definition) is 5. The molecule has 1 heterocycles. The maximum atomic E-state index is 13.1. The first-order chi connectivity index (χ1) is 12.9. The van der Waals surface area contributed by atoms with E-state index in [1.807, 2.05) is 19.1 Å². The summed E-state index contributed by atoms with van der Waals surface area (Å²) in [5.74, 6) is 0.853. The third kappa shape index (κ3) is 3.97. The van der Waals surface area contributed by atoms with E-state index in [1.165, 1.54) is 12.1 Å². The van der Waals surface area contributed by atoms with Gasteiger partial charge in [-0.15, -0.1) is 0 Å². The average molecular weight is 366 g/mol. The molecule has 1 unspecified atom stereocenters. The van der Waals surface area contributed by atoms with Gasteiger partial charge in [-0.2, -0.15) is 0 Å². The molecule has 1 aromatic heterocycles. The van der Waals surface area contributed by atoms with Crippen LogP contribution in [0.2, 0.25) is 0 Å². The average Bonchev–Trinajstić information content (AvgIpc) is 2.61. The van der Waals surface area contributed by atoms with Gasteiger partial charge in [-0.25, -0.2) is 4.98 Å². The summed E-state index contributed by atoms with van der Waals surface area (Å²) in [4.78, 5) is 28.1. The third-order valence-corrected chi connectivity index (χ3v) is 4.40. The molecule has 2 aromatic carbocycles. The molecular formula is C20H22N4O3. The monoisotopic (exact) mass is 366 g/mol. The first kappa shape index (κ1) is 18.6. The Morgan fingerprint density at radius 3 is 2.41 bits per heavy atom. The van der Waals surface area contributed by atoms with Crippen molar-refractivity contribution in [3.63, 3.8) is 0 Å². The van der Waals surface area contributed by atoms with Gasteiger partial charge in [0.05, 0.1) is 15.8 Å². The lowest BCUT2D eigenvalue weighted by atomic mass is 10.0. The number of rotatable bonds is 6. The number of nitro groups is 1. The minimum Gasteiger partial charge on any atom is -0.325 e. The molecule has 0 saturated heterocycles. The van der Waals surface area contributed by atoms with Crippen LogP contribution in [-0.2, 0) is 0 Å². The van der Waals surface area contributed by atoms with E-state index in [1.54, 1.807) is 28.8 Å². The van der Waals surface area contributed by atoms with Crippen LogP contribution in [0.1, 0.15) is 33.2 Å². The molecule has 27 heavy (non-hydrogen) atoms. The van der Waals surface area contributed by atoms with Gasteiger partial charge in [-0.1, -0.05) is 26.0 Å². The molecule has 0 saturated carbocycles. The van der Waals surface area contributed by atoms with Gasteiger partial charge in [-0.3, -0.25) is 19.5 Å². The molecule has 7 nitrogen and oxygen atoms in total. The number of fused-ring (bicyclic) bond motifs is 1. The molecule has 0 amide bonds. The van der Waals surface area contributed by atoms with Crippen molar-refractivity contribution in [1.29, 1.82) is 0 Å². The summed E-state index contributed by atoms with van der Waals surface area (Å²) in [5.41, 5.74) is 1.16. The number of nitrogens with one attached hydrogen (secondary N) is 1. The molecule has 0 radical (unpaired) electrons. The van der Waals surface area contributed by atoms with Gasteiger partial charge in [0, 0.05) is 23.9 Å². The fourth-order valence-electron chi connectivity index (χ4n) is 3.23. The van der Waals surface area contributed by atoms with Crippen molar-refractivity contribution in [2.75, 3.05) is 5.32 Å². The van der Waals surface area contributed by atoms with E-state index in [9.17, 15) is 14.9 Å². The van der Waals surface area contributed by atoms with Gasteiger partial charge in [0.25, 0.3) is 11.2 Å². The third-order valence-electron chi connectivity index (χ3n) is 4.40. The highest BCUT2D eigenvalue weighted by Gasteiger charge is 2.17. The van der Waals surface area contributed by atoms with Crippen LogP contribution in [0, 0.1) is 16.0 Å². The quantitative estimate of drug-likeness (QED) is 0.506. The molecule has 140 valence electrons. The fourth-order valence-corrected chi connectivity index (χ4v) is 3.23. The van der Waals surface area contributed by atoms with Crippen LogP contribution in [0.4, 0.5) is 17.3 Å². The summed E-state index contributed by atoms with van der Waals surface area (Å²) in [6, 6.07) is 13.3. The number of nitrogens with zero attached hydrogens (tertiary/aromatic N) is 3. The van der Waals surface area contributed by atoms with Crippen molar-refractivity contribution in [1.82, 2.24) is 9.55 Å². The smallest absolute Gasteiger partial charge is 0.269 e. The maximum Gasteiger partial charge on any atom is 0.269 e. The predicted octanol–water partition coefficient (Wildman–Crippen LogP) is 4.66. The molecule has 1 atom stereocenters. The van der Waals surface area contributed by atoms with Gasteiger partial charge in [0.15, 0.2) is 0 Å². The Morgan fingerprint density at radius 2 is 1.78 bits per heavy atom. The van der Waals surface area contributed by atoms with Gasteiger partial charge in [-0.05, 0) is 43.5 Å². The van der Waals surface area contributed by atoms with Crippen molar-refractivity contribution in [3.8, 4) is 0 Å². The van der Waals surface area contributed by atoms with Gasteiger partial charge in [0.2, 0.25) is 5.95 Å². The Balaban J connectivity index is 2.09. The van der Waals surface area contributed by atoms with Crippen molar-refractivity contribution >= 4 is 28.2 Å². The molecule has 1 N–H and O–H groups in total. The van der Waals surface area contributed by atoms with Crippen LogP contribution in [0.3, 0.4) is 0 Å². The molecule has 0 fully saturated rings. The highest BCUT2D eigenvalue weighted by Crippen LogP contribution is 2.24. The Kier molecular flexibility index (Phi) is 5.21. The highest BCUT2D eigenvalue weighted by atomic mass is 16.6. The largest absolute Gasteiger partial charge is 0.325 e. The second-order valence-electron chi connectivity index (χ2n) is 7.04. The summed E-state index contributed by atoms with van der Waals surface area (Å²) in [6.07, 6.45) is 0.828. The van der Waals surface area contributed by atoms with Crippen molar-refractivity contribution < 1.29 is 4.92 Å². The number of para-hydroxylation sites is 1. The number of benzene rings is 2. The second-order valence-corrected chi connectivity index (χ2v) is 7.04. The number of anilines is 2. The lowest BCUT2D eigenvalue weighted by Crippen LogP contribution is -2.27. The van der Waals surface area contributed by atoms with E-state index >= 15 is 0 Å². The summed E-state index contributed by atoms with van der Waals surface area (Å²) in [7, 11) is 0. The highest BCUT2D eigenvalue weighted by molar-refractivity contribution is 5.79.